The van der Waals surface area contributed by atoms with E-state index in [1.807, 2.05) is 26.4 Å². The Labute approximate surface area is 66.6 Å². The fourth-order valence-corrected chi connectivity index (χ4v) is 0.900. The quantitative estimate of drug-likeness (QED) is 0.496. The lowest BCUT2D eigenvalue weighted by Crippen LogP contribution is -2.29. The Hall–Kier alpha value is -0.870. The second-order valence-electron chi connectivity index (χ2n) is 2.59. The van der Waals surface area contributed by atoms with Crippen molar-refractivity contribution in [2.75, 3.05) is 6.54 Å². The monoisotopic (exact) mass is 154 g/mol. The van der Waals surface area contributed by atoms with Crippen LogP contribution in [0.4, 0.5) is 0 Å². The second kappa shape index (κ2) is 3.50. The van der Waals surface area contributed by atoms with Crippen molar-refractivity contribution < 1.29 is 0 Å². The van der Waals surface area contributed by atoms with Crippen LogP contribution in [0.25, 0.3) is 0 Å². The minimum atomic E-state index is 0.768. The van der Waals surface area contributed by atoms with E-state index in [1.54, 1.807) is 9.69 Å². The predicted octanol–water partition coefficient (Wildman–Crippen LogP) is 0.116. The van der Waals surface area contributed by atoms with Crippen LogP contribution in [0.2, 0.25) is 0 Å². The van der Waals surface area contributed by atoms with Gasteiger partial charge in [0.05, 0.1) is 6.20 Å². The maximum atomic E-state index is 5.61. The van der Waals surface area contributed by atoms with Crippen molar-refractivity contribution in [2.45, 2.75) is 13.5 Å². The molecule has 4 heteroatoms. The van der Waals surface area contributed by atoms with Gasteiger partial charge in [-0.2, -0.15) is 5.10 Å². The van der Waals surface area contributed by atoms with Gasteiger partial charge >= 0.3 is 0 Å². The standard InChI is InChI=1S/C7H14N4/c1-3-11(8)6-7-4-9-10(2)5-7/h4-5H,3,6,8H2,1-2H3. The Kier molecular flexibility index (Phi) is 2.62. The van der Waals surface area contributed by atoms with E-state index < -0.39 is 0 Å². The third-order valence-corrected chi connectivity index (χ3v) is 1.55. The van der Waals surface area contributed by atoms with E-state index in [0.717, 1.165) is 18.7 Å². The summed E-state index contributed by atoms with van der Waals surface area (Å²) < 4.78 is 1.78. The summed E-state index contributed by atoms with van der Waals surface area (Å²) in [4.78, 5) is 0. The smallest absolute Gasteiger partial charge is 0.0535 e. The van der Waals surface area contributed by atoms with Crippen molar-refractivity contribution in [3.63, 3.8) is 0 Å². The Morgan fingerprint density at radius 1 is 1.73 bits per heavy atom. The Balaban J connectivity index is 2.50. The molecule has 1 heterocycles. The molecule has 0 unspecified atom stereocenters. The Morgan fingerprint density at radius 2 is 2.45 bits per heavy atom. The summed E-state index contributed by atoms with van der Waals surface area (Å²) >= 11 is 0. The molecule has 62 valence electrons. The largest absolute Gasteiger partial charge is 0.275 e. The summed E-state index contributed by atoms with van der Waals surface area (Å²) in [6.07, 6.45) is 3.80. The van der Waals surface area contributed by atoms with Crippen molar-refractivity contribution >= 4 is 0 Å². The number of hydrazine groups is 1. The molecule has 2 N–H and O–H groups in total. The summed E-state index contributed by atoms with van der Waals surface area (Å²) in [6.45, 7) is 3.65. The predicted molar refractivity (Wildman–Crippen MR) is 43.5 cm³/mol. The molecule has 0 fully saturated rings. The van der Waals surface area contributed by atoms with E-state index in [1.165, 1.54) is 0 Å². The number of nitrogens with zero attached hydrogens (tertiary/aromatic N) is 3. The summed E-state index contributed by atoms with van der Waals surface area (Å²) in [5.74, 6) is 5.61. The molecule has 1 rings (SSSR count). The van der Waals surface area contributed by atoms with Gasteiger partial charge < -0.3 is 0 Å². The highest BCUT2D eigenvalue weighted by molar-refractivity contribution is 5.02. The highest BCUT2D eigenvalue weighted by Crippen LogP contribution is 1.98. The lowest BCUT2D eigenvalue weighted by atomic mass is 10.3. The van der Waals surface area contributed by atoms with Gasteiger partial charge in [-0.25, -0.2) is 5.01 Å². The van der Waals surface area contributed by atoms with Crippen LogP contribution in [0, 0.1) is 0 Å². The van der Waals surface area contributed by atoms with Gasteiger partial charge in [0, 0.05) is 31.9 Å². The van der Waals surface area contributed by atoms with Gasteiger partial charge in [-0.1, -0.05) is 6.92 Å². The Bertz CT molecular complexity index is 218. The van der Waals surface area contributed by atoms with Crippen LogP contribution in [0.5, 0.6) is 0 Å². The van der Waals surface area contributed by atoms with Crippen molar-refractivity contribution in [1.29, 1.82) is 0 Å². The molecule has 0 aliphatic carbocycles. The first kappa shape index (κ1) is 8.23. The molecule has 0 bridgehead atoms. The summed E-state index contributed by atoms with van der Waals surface area (Å²) in [5.41, 5.74) is 1.15. The van der Waals surface area contributed by atoms with E-state index >= 15 is 0 Å². The molecule has 1 aromatic rings. The highest BCUT2D eigenvalue weighted by atomic mass is 15.4. The van der Waals surface area contributed by atoms with Gasteiger partial charge in [0.25, 0.3) is 0 Å². The SMILES string of the molecule is CCN(N)Cc1cnn(C)c1. The molecule has 0 radical (unpaired) electrons. The zero-order valence-electron chi connectivity index (χ0n) is 6.99. The van der Waals surface area contributed by atoms with Gasteiger partial charge in [-0.3, -0.25) is 10.5 Å². The lowest BCUT2D eigenvalue weighted by molar-refractivity contribution is 0.290. The van der Waals surface area contributed by atoms with Crippen molar-refractivity contribution in [1.82, 2.24) is 14.8 Å². The van der Waals surface area contributed by atoms with Gasteiger partial charge in [0.2, 0.25) is 0 Å². The molecule has 11 heavy (non-hydrogen) atoms. The summed E-state index contributed by atoms with van der Waals surface area (Å²) in [5, 5.41) is 5.79. The average Bonchev–Trinajstić information content (AvgIpc) is 2.35. The van der Waals surface area contributed by atoms with E-state index in [0.29, 0.717) is 0 Å². The number of aryl methyl sites for hydroxylation is 1. The maximum Gasteiger partial charge on any atom is 0.0535 e. The minimum Gasteiger partial charge on any atom is -0.275 e. The third-order valence-electron chi connectivity index (χ3n) is 1.55. The minimum absolute atomic E-state index is 0.768. The molecule has 4 nitrogen and oxygen atoms in total. The molecule has 0 aliphatic heterocycles. The number of hydrogen-bond donors (Lipinski definition) is 1. The number of aromatic nitrogens is 2. The first-order chi connectivity index (χ1) is 5.22. The van der Waals surface area contributed by atoms with Crippen LogP contribution in [0.1, 0.15) is 12.5 Å². The topological polar surface area (TPSA) is 47.1 Å². The van der Waals surface area contributed by atoms with Gasteiger partial charge in [-0.05, 0) is 0 Å². The van der Waals surface area contributed by atoms with Crippen molar-refractivity contribution in [3.8, 4) is 0 Å². The molecule has 0 atom stereocenters. The molecule has 0 amide bonds. The number of nitrogens with two attached hydrogens (primary N) is 1. The van der Waals surface area contributed by atoms with Gasteiger partial charge in [-0.15, -0.1) is 0 Å². The maximum absolute atomic E-state index is 5.61. The van der Waals surface area contributed by atoms with Crippen LogP contribution in [-0.4, -0.2) is 21.3 Å². The summed E-state index contributed by atoms with van der Waals surface area (Å²) in [6, 6.07) is 0. The zero-order chi connectivity index (χ0) is 8.27. The fraction of sp³-hybridized carbons (Fsp3) is 0.571. The second-order valence-corrected chi connectivity index (χ2v) is 2.59. The molecule has 0 saturated heterocycles. The van der Waals surface area contributed by atoms with Crippen LogP contribution in [0.15, 0.2) is 12.4 Å². The highest BCUT2D eigenvalue weighted by Gasteiger charge is 1.98. The van der Waals surface area contributed by atoms with Crippen molar-refractivity contribution in [2.24, 2.45) is 12.9 Å². The molecule has 0 spiro atoms. The molecule has 1 aromatic heterocycles. The molecule has 0 saturated carbocycles. The third kappa shape index (κ3) is 2.32. The van der Waals surface area contributed by atoms with Crippen molar-refractivity contribution in [3.05, 3.63) is 18.0 Å². The van der Waals surface area contributed by atoms with Gasteiger partial charge in [0.15, 0.2) is 0 Å². The zero-order valence-corrected chi connectivity index (χ0v) is 6.99. The van der Waals surface area contributed by atoms with Crippen LogP contribution < -0.4 is 5.84 Å². The molecule has 0 aromatic carbocycles. The first-order valence-electron chi connectivity index (χ1n) is 3.69. The molecule has 0 aliphatic rings. The normalized spacial score (nSPS) is 10.9. The first-order valence-corrected chi connectivity index (χ1v) is 3.69. The molecular formula is C7H14N4. The molecular weight excluding hydrogens is 140 g/mol. The van der Waals surface area contributed by atoms with E-state index in [2.05, 4.69) is 5.10 Å². The van der Waals surface area contributed by atoms with Crippen LogP contribution in [0.3, 0.4) is 0 Å². The average molecular weight is 154 g/mol. The lowest BCUT2D eigenvalue weighted by Gasteiger charge is -2.10. The Morgan fingerprint density at radius 3 is 2.91 bits per heavy atom. The van der Waals surface area contributed by atoms with Crippen LogP contribution >= 0.6 is 0 Å². The van der Waals surface area contributed by atoms with E-state index in [4.69, 9.17) is 5.84 Å². The number of rotatable bonds is 3. The summed E-state index contributed by atoms with van der Waals surface area (Å²) in [7, 11) is 1.90. The number of hydrogen-bond acceptors (Lipinski definition) is 3. The van der Waals surface area contributed by atoms with E-state index in [-0.39, 0.29) is 0 Å². The van der Waals surface area contributed by atoms with Crippen LogP contribution in [-0.2, 0) is 13.6 Å². The van der Waals surface area contributed by atoms with E-state index in [9.17, 15) is 0 Å². The van der Waals surface area contributed by atoms with Gasteiger partial charge in [0.1, 0.15) is 0 Å². The fourth-order valence-electron chi connectivity index (χ4n) is 0.900.